The number of hydrogen-bond donors (Lipinski definition) is 1. The first kappa shape index (κ1) is 13.4. The molecule has 1 N–H and O–H groups in total. The topological polar surface area (TPSA) is 72.5 Å². The fourth-order valence-corrected chi connectivity index (χ4v) is 1.79. The number of rotatable bonds is 3. The van der Waals surface area contributed by atoms with E-state index in [9.17, 15) is 13.2 Å². The highest BCUT2D eigenvalue weighted by Crippen LogP contribution is 2.20. The lowest BCUT2D eigenvalue weighted by molar-refractivity contribution is -0.145. The summed E-state index contributed by atoms with van der Waals surface area (Å²) in [7, 11) is -2.19. The Hall–Kier alpha value is -0.620. The van der Waals surface area contributed by atoms with Crippen LogP contribution >= 0.6 is 0 Å². The molecule has 0 aliphatic heterocycles. The highest BCUT2D eigenvalue weighted by Gasteiger charge is 2.34. The quantitative estimate of drug-likeness (QED) is 0.690. The molecule has 0 spiro atoms. The minimum atomic E-state index is -3.41. The first-order valence-electron chi connectivity index (χ1n) is 4.13. The summed E-state index contributed by atoms with van der Waals surface area (Å²) in [6.45, 7) is 5.27. The number of nitrogens with one attached hydrogen (secondary N) is 1. The molecule has 0 aliphatic carbocycles. The summed E-state index contributed by atoms with van der Waals surface area (Å²) in [5.41, 5.74) is -0.518. The third-order valence-electron chi connectivity index (χ3n) is 1.63. The molecule has 84 valence electrons. The third-order valence-corrected chi connectivity index (χ3v) is 2.30. The molecule has 6 heteroatoms. The minimum absolute atomic E-state index is 0.518. The van der Waals surface area contributed by atoms with Crippen LogP contribution in [0.2, 0.25) is 0 Å². The highest BCUT2D eigenvalue weighted by atomic mass is 32.2. The summed E-state index contributed by atoms with van der Waals surface area (Å²) in [5, 5.41) is 0. The minimum Gasteiger partial charge on any atom is -0.468 e. The zero-order chi connectivity index (χ0) is 11.6. The Morgan fingerprint density at radius 2 is 1.79 bits per heavy atom. The summed E-state index contributed by atoms with van der Waals surface area (Å²) in [4.78, 5) is 11.3. The van der Waals surface area contributed by atoms with Gasteiger partial charge in [0.2, 0.25) is 10.0 Å². The zero-order valence-electron chi connectivity index (χ0n) is 9.12. The number of carbonyl (C=O) groups is 1. The van der Waals surface area contributed by atoms with Gasteiger partial charge in [-0.2, -0.15) is 0 Å². The second-order valence-corrected chi connectivity index (χ2v) is 5.99. The molecular weight excluding hydrogens is 206 g/mol. The van der Waals surface area contributed by atoms with Crippen LogP contribution in [0.5, 0.6) is 0 Å². The average Bonchev–Trinajstić information content (AvgIpc) is 1.95. The van der Waals surface area contributed by atoms with Gasteiger partial charge in [0.15, 0.2) is 0 Å². The van der Waals surface area contributed by atoms with E-state index in [-0.39, 0.29) is 0 Å². The van der Waals surface area contributed by atoms with Crippen LogP contribution in [0.25, 0.3) is 0 Å². The maximum absolute atomic E-state index is 11.3. The molecule has 1 atom stereocenters. The van der Waals surface area contributed by atoms with Crippen molar-refractivity contribution < 1.29 is 17.9 Å². The number of esters is 1. The Kier molecular flexibility index (Phi) is 4.08. The fraction of sp³-hybridized carbons (Fsp3) is 0.875. The maximum Gasteiger partial charge on any atom is 0.324 e. The smallest absolute Gasteiger partial charge is 0.324 e. The lowest BCUT2D eigenvalue weighted by atomic mass is 9.87. The largest absolute Gasteiger partial charge is 0.468 e. The number of ether oxygens (including phenoxy) is 1. The number of sulfonamides is 1. The van der Waals surface area contributed by atoms with E-state index < -0.39 is 27.4 Å². The van der Waals surface area contributed by atoms with Gasteiger partial charge in [0.1, 0.15) is 6.04 Å². The van der Waals surface area contributed by atoms with Crippen molar-refractivity contribution in [1.82, 2.24) is 4.72 Å². The molecular formula is C8H17NO4S. The van der Waals surface area contributed by atoms with Gasteiger partial charge in [0, 0.05) is 0 Å². The van der Waals surface area contributed by atoms with Gasteiger partial charge < -0.3 is 4.74 Å². The van der Waals surface area contributed by atoms with Crippen LogP contribution < -0.4 is 4.72 Å². The molecule has 0 aromatic rings. The number of methoxy groups -OCH3 is 1. The van der Waals surface area contributed by atoms with Gasteiger partial charge in [-0.25, -0.2) is 13.1 Å². The first-order valence-corrected chi connectivity index (χ1v) is 6.02. The Bertz CT molecular complexity index is 302. The van der Waals surface area contributed by atoms with Crippen molar-refractivity contribution in [2.75, 3.05) is 13.4 Å². The number of carbonyl (C=O) groups excluding carboxylic acids is 1. The van der Waals surface area contributed by atoms with Gasteiger partial charge >= 0.3 is 5.97 Å². The first-order chi connectivity index (χ1) is 6.08. The van der Waals surface area contributed by atoms with Crippen LogP contribution in [0.3, 0.4) is 0 Å². The average molecular weight is 223 g/mol. The van der Waals surface area contributed by atoms with Crippen LogP contribution in [0.1, 0.15) is 20.8 Å². The number of hydrogen-bond acceptors (Lipinski definition) is 4. The summed E-state index contributed by atoms with van der Waals surface area (Å²) in [6.07, 6.45) is 1.01. The van der Waals surface area contributed by atoms with E-state index in [1.165, 1.54) is 7.11 Å². The van der Waals surface area contributed by atoms with Crippen LogP contribution in [-0.2, 0) is 19.6 Å². The second kappa shape index (κ2) is 4.27. The molecule has 0 rings (SSSR count). The summed E-state index contributed by atoms with van der Waals surface area (Å²) in [6, 6.07) is -0.859. The molecule has 0 aromatic carbocycles. The summed E-state index contributed by atoms with van der Waals surface area (Å²) < 4.78 is 28.7. The van der Waals surface area contributed by atoms with Gasteiger partial charge in [-0.3, -0.25) is 4.79 Å². The summed E-state index contributed by atoms with van der Waals surface area (Å²) in [5.74, 6) is -0.581. The van der Waals surface area contributed by atoms with Crippen molar-refractivity contribution >= 4 is 16.0 Å². The Morgan fingerprint density at radius 1 is 1.36 bits per heavy atom. The SMILES string of the molecule is COC(=O)[C@@H](NS(C)(=O)=O)C(C)(C)C. The molecule has 0 aromatic heterocycles. The van der Waals surface area contributed by atoms with E-state index in [1.807, 2.05) is 0 Å². The predicted octanol–water partition coefficient (Wildman–Crippen LogP) is 0.123. The Labute approximate surface area is 84.9 Å². The molecule has 14 heavy (non-hydrogen) atoms. The lowest BCUT2D eigenvalue weighted by Crippen LogP contribution is -2.49. The molecule has 5 nitrogen and oxygen atoms in total. The van der Waals surface area contributed by atoms with Crippen molar-refractivity contribution in [2.45, 2.75) is 26.8 Å². The van der Waals surface area contributed by atoms with E-state index >= 15 is 0 Å². The van der Waals surface area contributed by atoms with Crippen molar-refractivity contribution in [3.63, 3.8) is 0 Å². The molecule has 0 radical (unpaired) electrons. The Balaban J connectivity index is 4.85. The normalized spacial score (nSPS) is 14.9. The van der Waals surface area contributed by atoms with E-state index in [4.69, 9.17) is 0 Å². The van der Waals surface area contributed by atoms with E-state index in [1.54, 1.807) is 20.8 Å². The van der Waals surface area contributed by atoms with Gasteiger partial charge in [-0.05, 0) is 5.41 Å². The summed E-state index contributed by atoms with van der Waals surface area (Å²) >= 11 is 0. The highest BCUT2D eigenvalue weighted by molar-refractivity contribution is 7.88. The van der Waals surface area contributed by atoms with Crippen LogP contribution in [0, 0.1) is 5.41 Å². The van der Waals surface area contributed by atoms with E-state index in [0.717, 1.165) is 6.26 Å². The van der Waals surface area contributed by atoms with Gasteiger partial charge in [-0.15, -0.1) is 0 Å². The van der Waals surface area contributed by atoms with Crippen LogP contribution in [-0.4, -0.2) is 33.8 Å². The van der Waals surface area contributed by atoms with Crippen LogP contribution in [0.15, 0.2) is 0 Å². The molecule has 0 aliphatic rings. The molecule has 0 unspecified atom stereocenters. The molecule has 0 saturated heterocycles. The molecule has 0 bridgehead atoms. The second-order valence-electron chi connectivity index (χ2n) is 4.21. The van der Waals surface area contributed by atoms with Crippen molar-refractivity contribution in [1.29, 1.82) is 0 Å². The van der Waals surface area contributed by atoms with Gasteiger partial charge in [-0.1, -0.05) is 20.8 Å². The molecule has 0 heterocycles. The lowest BCUT2D eigenvalue weighted by Gasteiger charge is -2.28. The fourth-order valence-electron chi connectivity index (χ4n) is 0.910. The van der Waals surface area contributed by atoms with Crippen LogP contribution in [0.4, 0.5) is 0 Å². The molecule has 0 saturated carbocycles. The van der Waals surface area contributed by atoms with Gasteiger partial charge in [0.05, 0.1) is 13.4 Å². The maximum atomic E-state index is 11.3. The standard InChI is InChI=1S/C8H17NO4S/c1-8(2,3)6(7(10)13-4)9-14(5,11)12/h6,9H,1-5H3/t6-/m1/s1. The van der Waals surface area contributed by atoms with Crippen molar-refractivity contribution in [2.24, 2.45) is 5.41 Å². The Morgan fingerprint density at radius 3 is 2.00 bits per heavy atom. The van der Waals surface area contributed by atoms with Crippen molar-refractivity contribution in [3.05, 3.63) is 0 Å². The zero-order valence-corrected chi connectivity index (χ0v) is 9.94. The van der Waals surface area contributed by atoms with Gasteiger partial charge in [0.25, 0.3) is 0 Å². The monoisotopic (exact) mass is 223 g/mol. The predicted molar refractivity (Wildman–Crippen MR) is 53.2 cm³/mol. The van der Waals surface area contributed by atoms with Crippen molar-refractivity contribution in [3.8, 4) is 0 Å². The molecule has 0 fully saturated rings. The third kappa shape index (κ3) is 4.57. The van der Waals surface area contributed by atoms with E-state index in [2.05, 4.69) is 9.46 Å². The molecule has 0 amide bonds. The van der Waals surface area contributed by atoms with E-state index in [0.29, 0.717) is 0 Å².